The first-order valence-corrected chi connectivity index (χ1v) is 20.3. The van der Waals surface area contributed by atoms with E-state index in [0.29, 0.717) is 0 Å². The molecule has 0 fully saturated rings. The standard InChI is InChI=1S/C54H37N3S/c55-32-11-2-5-16-38-17-6-7-19-43(38)41-26-30-52-47(35-41)46-28-24-39(44-20-8-9-21-45(44)50-22-10-12-33-56-50)25-29-51(46)57(52)42-18-13-23-53-49(36-42)48-34-40(27-31-54(48)58-53)37-14-3-1-4-15-37/h1-12,14-15,17-23,25-36H,16,55H2/b5-2-,32-11-. The summed E-state index contributed by atoms with van der Waals surface area (Å²) in [5.74, 6) is 0. The second kappa shape index (κ2) is 15.2. The van der Waals surface area contributed by atoms with Crippen molar-refractivity contribution in [2.75, 3.05) is 0 Å². The van der Waals surface area contributed by atoms with Crippen LogP contribution in [0.15, 0.2) is 188 Å². The summed E-state index contributed by atoms with van der Waals surface area (Å²) < 4.78 is 3.65. The summed E-state index contributed by atoms with van der Waals surface area (Å²) in [6, 6.07) is 47.5. The number of benzene rings is 5. The molecule has 0 unspecified atom stereocenters. The molecular formula is C54H37N3S. The van der Waals surface area contributed by atoms with E-state index in [1.807, 2.05) is 41.8 Å². The van der Waals surface area contributed by atoms with Crippen LogP contribution in [0.2, 0.25) is 0 Å². The van der Waals surface area contributed by atoms with Crippen LogP contribution >= 0.6 is 11.3 Å². The summed E-state index contributed by atoms with van der Waals surface area (Å²) in [5.41, 5.74) is 28.6. The highest BCUT2D eigenvalue weighted by Crippen LogP contribution is 2.42. The van der Waals surface area contributed by atoms with Crippen molar-refractivity contribution in [1.82, 2.24) is 9.55 Å². The number of allylic oxidation sites excluding steroid dienone is 7. The van der Waals surface area contributed by atoms with Gasteiger partial charge < -0.3 is 10.3 Å². The molecule has 3 nitrogen and oxygen atoms in total. The fourth-order valence-corrected chi connectivity index (χ4v) is 9.19. The van der Waals surface area contributed by atoms with Crippen molar-refractivity contribution < 1.29 is 0 Å². The summed E-state index contributed by atoms with van der Waals surface area (Å²) in [6.07, 6.45) is 23.4. The molecule has 10 rings (SSSR count). The lowest BCUT2D eigenvalue weighted by Gasteiger charge is -2.12. The first-order valence-electron chi connectivity index (χ1n) is 19.5. The first kappa shape index (κ1) is 35.0. The average Bonchev–Trinajstić information content (AvgIpc) is 3.56. The van der Waals surface area contributed by atoms with Crippen molar-refractivity contribution in [1.29, 1.82) is 0 Å². The number of nitrogens with two attached hydrogens (primary N) is 1. The Labute approximate surface area is 342 Å². The number of hydrogen-bond acceptors (Lipinski definition) is 3. The number of rotatable bonds is 8. The van der Waals surface area contributed by atoms with E-state index in [-0.39, 0.29) is 0 Å². The van der Waals surface area contributed by atoms with Crippen molar-refractivity contribution in [3.05, 3.63) is 221 Å². The lowest BCUT2D eigenvalue weighted by atomic mass is 9.96. The molecule has 0 saturated carbocycles. The number of hydrogen-bond donors (Lipinski definition) is 1. The summed E-state index contributed by atoms with van der Waals surface area (Å²) in [4.78, 5) is 5.90. The molecule has 0 aliphatic heterocycles. The van der Waals surface area contributed by atoms with Gasteiger partial charge in [0.1, 0.15) is 0 Å². The van der Waals surface area contributed by atoms with Crippen molar-refractivity contribution >= 4 is 67.9 Å². The van der Waals surface area contributed by atoms with Crippen LogP contribution in [-0.2, 0) is 6.42 Å². The van der Waals surface area contributed by atoms with Crippen molar-refractivity contribution in [2.24, 2.45) is 5.73 Å². The molecule has 2 aliphatic carbocycles. The van der Waals surface area contributed by atoms with Gasteiger partial charge in [-0.1, -0.05) is 109 Å². The number of aromatic nitrogens is 2. The molecule has 2 N–H and O–H groups in total. The Bertz CT molecular complexity index is 3150. The van der Waals surface area contributed by atoms with Crippen LogP contribution in [0.1, 0.15) is 32.8 Å². The third kappa shape index (κ3) is 6.44. The van der Waals surface area contributed by atoms with Crippen molar-refractivity contribution in [3.63, 3.8) is 0 Å². The van der Waals surface area contributed by atoms with E-state index >= 15 is 0 Å². The monoisotopic (exact) mass is 759 g/mol. The summed E-state index contributed by atoms with van der Waals surface area (Å²) in [7, 11) is 0. The highest BCUT2D eigenvalue weighted by molar-refractivity contribution is 7.20. The van der Waals surface area contributed by atoms with E-state index in [9.17, 15) is 0 Å². The molecule has 8 aromatic rings. The summed E-state index contributed by atoms with van der Waals surface area (Å²) in [5, 5.41) is 2.40. The minimum absolute atomic E-state index is 0.801. The Hall–Kier alpha value is -7.45. The van der Waals surface area contributed by atoms with Crippen LogP contribution in [0.5, 0.6) is 0 Å². The number of fused-ring (bicyclic) bond motifs is 6. The maximum Gasteiger partial charge on any atom is 0.0708 e. The Balaban J connectivity index is 1.17. The van der Waals surface area contributed by atoms with E-state index in [2.05, 4.69) is 180 Å². The molecule has 0 amide bonds. The van der Waals surface area contributed by atoms with Gasteiger partial charge in [0.25, 0.3) is 0 Å². The van der Waals surface area contributed by atoms with Gasteiger partial charge in [-0.2, -0.15) is 0 Å². The molecular weight excluding hydrogens is 723 g/mol. The van der Waals surface area contributed by atoms with Gasteiger partial charge in [0.05, 0.1) is 22.6 Å². The van der Waals surface area contributed by atoms with Crippen molar-refractivity contribution in [3.8, 4) is 33.5 Å². The zero-order valence-electron chi connectivity index (χ0n) is 31.6. The predicted molar refractivity (Wildman–Crippen MR) is 248 cm³/mol. The van der Waals surface area contributed by atoms with E-state index in [1.165, 1.54) is 48.3 Å². The summed E-state index contributed by atoms with van der Waals surface area (Å²) >= 11 is 1.81. The molecule has 58 heavy (non-hydrogen) atoms. The Morgan fingerprint density at radius 3 is 2.31 bits per heavy atom. The van der Waals surface area contributed by atoms with Crippen LogP contribution < -0.4 is 5.73 Å². The molecule has 4 heteroatoms. The highest BCUT2D eigenvalue weighted by atomic mass is 32.1. The average molecular weight is 760 g/mol. The maximum atomic E-state index is 5.60. The van der Waals surface area contributed by atoms with E-state index in [1.54, 1.807) is 6.20 Å². The SMILES string of the molecule is N/C=C\C=C/Cc1ccccc1-c1ccc2c(c1)c1c(n2C2=Cc3c(sc4ccc(-c5ccccc5)cc34)C=C=C2)C=CC(c2ccccc2-c2ccccn2)=C=C1. The predicted octanol–water partition coefficient (Wildman–Crippen LogP) is 13.7. The van der Waals surface area contributed by atoms with Crippen LogP contribution in [0.25, 0.3) is 90.1 Å². The molecule has 0 atom stereocenters. The minimum Gasteiger partial charge on any atom is -0.405 e. The van der Waals surface area contributed by atoms with Crippen LogP contribution in [-0.4, -0.2) is 9.55 Å². The molecule has 0 spiro atoms. The lowest BCUT2D eigenvalue weighted by Crippen LogP contribution is -1.98. The van der Waals surface area contributed by atoms with Gasteiger partial charge in [-0.05, 0) is 119 Å². The Morgan fingerprint density at radius 1 is 0.655 bits per heavy atom. The maximum absolute atomic E-state index is 5.60. The lowest BCUT2D eigenvalue weighted by molar-refractivity contribution is 1.16. The molecule has 274 valence electrons. The Kier molecular flexibility index (Phi) is 9.19. The molecule has 2 aliphatic rings. The quantitative estimate of drug-likeness (QED) is 0.124. The normalized spacial score (nSPS) is 13.2. The topological polar surface area (TPSA) is 43.8 Å². The van der Waals surface area contributed by atoms with Gasteiger partial charge in [0.2, 0.25) is 0 Å². The fraction of sp³-hybridized carbons (Fsp3) is 0.0185. The van der Waals surface area contributed by atoms with Gasteiger partial charge in [-0.25, -0.2) is 0 Å². The van der Waals surface area contributed by atoms with Gasteiger partial charge in [-0.15, -0.1) is 22.8 Å². The number of thiophene rings is 1. The van der Waals surface area contributed by atoms with E-state index in [4.69, 9.17) is 10.7 Å². The van der Waals surface area contributed by atoms with Gasteiger partial charge in [0, 0.05) is 54.9 Å². The highest BCUT2D eigenvalue weighted by Gasteiger charge is 2.21. The minimum atomic E-state index is 0.801. The van der Waals surface area contributed by atoms with Crippen LogP contribution in [0.3, 0.4) is 0 Å². The zero-order valence-corrected chi connectivity index (χ0v) is 32.5. The Morgan fingerprint density at radius 2 is 1.45 bits per heavy atom. The fourth-order valence-electron chi connectivity index (χ4n) is 8.13. The van der Waals surface area contributed by atoms with Gasteiger partial charge in [-0.3, -0.25) is 4.98 Å². The molecule has 3 aromatic heterocycles. The van der Waals surface area contributed by atoms with Crippen LogP contribution in [0.4, 0.5) is 0 Å². The number of pyridine rings is 1. The summed E-state index contributed by atoms with van der Waals surface area (Å²) in [6.45, 7) is 0. The van der Waals surface area contributed by atoms with Gasteiger partial charge in [0.15, 0.2) is 0 Å². The zero-order chi connectivity index (χ0) is 38.8. The smallest absolute Gasteiger partial charge is 0.0708 e. The first-order chi connectivity index (χ1) is 28.7. The molecule has 0 saturated heterocycles. The van der Waals surface area contributed by atoms with E-state index < -0.39 is 0 Å². The molecule has 0 radical (unpaired) electrons. The van der Waals surface area contributed by atoms with Gasteiger partial charge >= 0.3 is 0 Å². The number of nitrogens with zero attached hydrogens (tertiary/aromatic N) is 2. The third-order valence-electron chi connectivity index (χ3n) is 10.9. The molecule has 0 bridgehead atoms. The molecule has 5 aromatic carbocycles. The van der Waals surface area contributed by atoms with E-state index in [0.717, 1.165) is 56.7 Å². The molecule has 3 heterocycles. The second-order valence-corrected chi connectivity index (χ2v) is 15.4. The second-order valence-electron chi connectivity index (χ2n) is 14.3. The van der Waals surface area contributed by atoms with Crippen LogP contribution in [0, 0.1) is 0 Å². The van der Waals surface area contributed by atoms with Crippen molar-refractivity contribution in [2.45, 2.75) is 6.42 Å². The largest absolute Gasteiger partial charge is 0.405 e. The third-order valence-corrected chi connectivity index (χ3v) is 12.0.